The van der Waals surface area contributed by atoms with E-state index in [4.69, 9.17) is 0 Å². The van der Waals surface area contributed by atoms with Crippen molar-refractivity contribution in [2.45, 2.75) is 25.8 Å². The van der Waals surface area contributed by atoms with E-state index in [-0.39, 0.29) is 6.03 Å². The van der Waals surface area contributed by atoms with Crippen LogP contribution in [0.15, 0.2) is 30.3 Å². The molecule has 0 spiro atoms. The minimum Gasteiger partial charge on any atom is -0.336 e. The number of benzene rings is 1. The summed E-state index contributed by atoms with van der Waals surface area (Å²) < 4.78 is 0. The molecule has 1 unspecified atom stereocenters. The van der Waals surface area contributed by atoms with Crippen LogP contribution in [0.4, 0.5) is 10.5 Å². The van der Waals surface area contributed by atoms with E-state index in [9.17, 15) is 4.79 Å². The van der Waals surface area contributed by atoms with Crippen LogP contribution < -0.4 is 10.6 Å². The molecule has 2 rings (SSSR count). The topological polar surface area (TPSA) is 44.4 Å². The van der Waals surface area contributed by atoms with Crippen LogP contribution in [0.1, 0.15) is 19.8 Å². The lowest BCUT2D eigenvalue weighted by Crippen LogP contribution is -2.41. The Morgan fingerprint density at radius 3 is 2.89 bits per heavy atom. The van der Waals surface area contributed by atoms with Gasteiger partial charge in [0.1, 0.15) is 0 Å². The number of para-hydroxylation sites is 1. The Hall–Kier alpha value is -1.55. The first-order valence-electron chi connectivity index (χ1n) is 6.63. The van der Waals surface area contributed by atoms with Crippen molar-refractivity contribution in [1.82, 2.24) is 10.2 Å². The van der Waals surface area contributed by atoms with Gasteiger partial charge >= 0.3 is 6.03 Å². The third-order valence-corrected chi connectivity index (χ3v) is 3.44. The van der Waals surface area contributed by atoms with Gasteiger partial charge in [0, 0.05) is 18.3 Å². The lowest BCUT2D eigenvalue weighted by molar-refractivity contribution is 0.238. The molecule has 4 heteroatoms. The van der Waals surface area contributed by atoms with Crippen molar-refractivity contribution in [2.75, 3.05) is 25.0 Å². The summed E-state index contributed by atoms with van der Waals surface area (Å²) in [5, 5.41) is 5.78. The molecule has 0 bridgehead atoms. The quantitative estimate of drug-likeness (QED) is 0.857. The predicted octanol–water partition coefficient (Wildman–Crippen LogP) is 2.29. The largest absolute Gasteiger partial charge is 0.336 e. The number of anilines is 1. The highest BCUT2D eigenvalue weighted by molar-refractivity contribution is 5.89. The number of hydrogen-bond donors (Lipinski definition) is 2. The number of hydrogen-bond acceptors (Lipinski definition) is 2. The molecule has 2 amide bonds. The number of nitrogens with zero attached hydrogens (tertiary/aromatic N) is 1. The van der Waals surface area contributed by atoms with Gasteiger partial charge in [-0.2, -0.15) is 0 Å². The molecule has 1 aliphatic heterocycles. The smallest absolute Gasteiger partial charge is 0.319 e. The third kappa shape index (κ3) is 3.47. The van der Waals surface area contributed by atoms with E-state index < -0.39 is 0 Å². The lowest BCUT2D eigenvalue weighted by atomic mass is 10.2. The van der Waals surface area contributed by atoms with Gasteiger partial charge in [0.05, 0.1) is 0 Å². The number of carbonyl (C=O) groups excluding carboxylic acids is 1. The van der Waals surface area contributed by atoms with Crippen LogP contribution in [-0.2, 0) is 0 Å². The molecule has 1 atom stereocenters. The molecule has 18 heavy (non-hydrogen) atoms. The van der Waals surface area contributed by atoms with Crippen LogP contribution in [0.25, 0.3) is 0 Å². The second-order valence-electron chi connectivity index (χ2n) is 4.63. The predicted molar refractivity (Wildman–Crippen MR) is 73.7 cm³/mol. The van der Waals surface area contributed by atoms with Crippen molar-refractivity contribution in [2.24, 2.45) is 0 Å². The number of nitrogens with one attached hydrogen (secondary N) is 2. The standard InChI is InChI=1S/C14H21N3O/c1-2-17-10-6-9-13(17)11-15-14(18)16-12-7-4-3-5-8-12/h3-5,7-8,13H,2,6,9-11H2,1H3,(H2,15,16,18). The number of likely N-dealkylation sites (N-methyl/N-ethyl adjacent to an activating group) is 1. The highest BCUT2D eigenvalue weighted by atomic mass is 16.2. The van der Waals surface area contributed by atoms with Crippen molar-refractivity contribution in [1.29, 1.82) is 0 Å². The van der Waals surface area contributed by atoms with Gasteiger partial charge in [0.2, 0.25) is 0 Å². The summed E-state index contributed by atoms with van der Waals surface area (Å²) in [5.41, 5.74) is 0.828. The van der Waals surface area contributed by atoms with E-state index in [1.807, 2.05) is 30.3 Å². The van der Waals surface area contributed by atoms with Gasteiger partial charge < -0.3 is 10.6 Å². The summed E-state index contributed by atoms with van der Waals surface area (Å²) in [7, 11) is 0. The summed E-state index contributed by atoms with van der Waals surface area (Å²) in [5.74, 6) is 0. The first kappa shape index (κ1) is 12.9. The summed E-state index contributed by atoms with van der Waals surface area (Å²) >= 11 is 0. The average molecular weight is 247 g/mol. The maximum atomic E-state index is 11.7. The van der Waals surface area contributed by atoms with E-state index in [0.29, 0.717) is 6.04 Å². The first-order chi connectivity index (χ1) is 8.79. The molecular formula is C14H21N3O. The molecular weight excluding hydrogens is 226 g/mol. The second-order valence-corrected chi connectivity index (χ2v) is 4.63. The van der Waals surface area contributed by atoms with Gasteiger partial charge in [0.25, 0.3) is 0 Å². The number of rotatable bonds is 4. The maximum absolute atomic E-state index is 11.7. The maximum Gasteiger partial charge on any atom is 0.319 e. The lowest BCUT2D eigenvalue weighted by Gasteiger charge is -2.22. The Morgan fingerprint density at radius 2 is 2.17 bits per heavy atom. The van der Waals surface area contributed by atoms with Gasteiger partial charge in [-0.3, -0.25) is 4.90 Å². The molecule has 1 fully saturated rings. The van der Waals surface area contributed by atoms with Crippen molar-refractivity contribution in [3.05, 3.63) is 30.3 Å². The first-order valence-corrected chi connectivity index (χ1v) is 6.63. The van der Waals surface area contributed by atoms with Gasteiger partial charge in [-0.25, -0.2) is 4.79 Å². The van der Waals surface area contributed by atoms with Crippen LogP contribution in [0.3, 0.4) is 0 Å². The SMILES string of the molecule is CCN1CCCC1CNC(=O)Nc1ccccc1. The van der Waals surface area contributed by atoms with Gasteiger partial charge in [0.15, 0.2) is 0 Å². The molecule has 1 heterocycles. The molecule has 98 valence electrons. The molecule has 1 aromatic rings. The second kappa shape index (κ2) is 6.40. The van der Waals surface area contributed by atoms with Crippen molar-refractivity contribution >= 4 is 11.7 Å². The molecule has 1 aliphatic rings. The fourth-order valence-corrected chi connectivity index (χ4v) is 2.45. The van der Waals surface area contributed by atoms with Crippen LogP contribution >= 0.6 is 0 Å². The normalized spacial score (nSPS) is 19.7. The number of likely N-dealkylation sites (tertiary alicyclic amines) is 1. The van der Waals surface area contributed by atoms with E-state index in [1.54, 1.807) is 0 Å². The van der Waals surface area contributed by atoms with Crippen molar-refractivity contribution in [3.63, 3.8) is 0 Å². The molecule has 1 saturated heterocycles. The molecule has 2 N–H and O–H groups in total. The molecule has 0 aliphatic carbocycles. The minimum absolute atomic E-state index is 0.121. The Morgan fingerprint density at radius 1 is 1.39 bits per heavy atom. The van der Waals surface area contributed by atoms with E-state index in [0.717, 1.165) is 25.3 Å². The zero-order valence-electron chi connectivity index (χ0n) is 10.9. The van der Waals surface area contributed by atoms with Crippen LogP contribution in [0.2, 0.25) is 0 Å². The monoisotopic (exact) mass is 247 g/mol. The third-order valence-electron chi connectivity index (χ3n) is 3.44. The highest BCUT2D eigenvalue weighted by Crippen LogP contribution is 2.15. The minimum atomic E-state index is -0.121. The molecule has 0 radical (unpaired) electrons. The van der Waals surface area contributed by atoms with Crippen molar-refractivity contribution < 1.29 is 4.79 Å². The molecule has 0 saturated carbocycles. The molecule has 4 nitrogen and oxygen atoms in total. The Labute approximate surface area is 108 Å². The van der Waals surface area contributed by atoms with Crippen LogP contribution in [0.5, 0.6) is 0 Å². The van der Waals surface area contributed by atoms with Gasteiger partial charge in [-0.15, -0.1) is 0 Å². The zero-order valence-corrected chi connectivity index (χ0v) is 10.9. The summed E-state index contributed by atoms with van der Waals surface area (Å²) in [6, 6.07) is 9.89. The zero-order chi connectivity index (χ0) is 12.8. The van der Waals surface area contributed by atoms with Gasteiger partial charge in [-0.05, 0) is 38.1 Å². The summed E-state index contributed by atoms with van der Waals surface area (Å²) in [6.07, 6.45) is 2.42. The van der Waals surface area contributed by atoms with E-state index in [1.165, 1.54) is 12.8 Å². The number of carbonyl (C=O) groups is 1. The highest BCUT2D eigenvalue weighted by Gasteiger charge is 2.22. The average Bonchev–Trinajstić information content (AvgIpc) is 2.85. The van der Waals surface area contributed by atoms with E-state index >= 15 is 0 Å². The van der Waals surface area contributed by atoms with Crippen LogP contribution in [-0.4, -0.2) is 36.6 Å². The number of urea groups is 1. The Bertz CT molecular complexity index is 380. The van der Waals surface area contributed by atoms with E-state index in [2.05, 4.69) is 22.5 Å². The number of amides is 2. The Balaban J connectivity index is 1.75. The molecule has 0 aromatic heterocycles. The summed E-state index contributed by atoms with van der Waals surface area (Å²) in [4.78, 5) is 14.1. The molecule has 1 aromatic carbocycles. The Kier molecular flexibility index (Phi) is 4.59. The van der Waals surface area contributed by atoms with Crippen molar-refractivity contribution in [3.8, 4) is 0 Å². The van der Waals surface area contributed by atoms with Crippen LogP contribution in [0, 0.1) is 0 Å². The summed E-state index contributed by atoms with van der Waals surface area (Å²) in [6.45, 7) is 5.12. The van der Waals surface area contributed by atoms with Gasteiger partial charge in [-0.1, -0.05) is 25.1 Å². The fourth-order valence-electron chi connectivity index (χ4n) is 2.45. The fraction of sp³-hybridized carbons (Fsp3) is 0.500.